The first-order valence-electron chi connectivity index (χ1n) is 11.7. The third-order valence-electron chi connectivity index (χ3n) is 6.65. The first-order valence-corrected chi connectivity index (χ1v) is 11.7. The molecule has 3 fully saturated rings. The Labute approximate surface area is 173 Å². The molecule has 3 saturated carbocycles. The van der Waals surface area contributed by atoms with Gasteiger partial charge in [0.15, 0.2) is 0 Å². The second-order valence-electron chi connectivity index (χ2n) is 9.55. The molecule has 3 aliphatic carbocycles. The Balaban J connectivity index is -0.000000320. The van der Waals surface area contributed by atoms with Gasteiger partial charge in [0.05, 0.1) is 0 Å². The van der Waals surface area contributed by atoms with Gasteiger partial charge in [0.1, 0.15) is 0 Å². The molecule has 0 radical (unpaired) electrons. The molecule has 0 aromatic rings. The van der Waals surface area contributed by atoms with E-state index >= 15 is 0 Å². The Kier molecular flexibility index (Phi) is 19.0. The van der Waals surface area contributed by atoms with Crippen molar-refractivity contribution < 1.29 is 6.13 Å². The van der Waals surface area contributed by atoms with Crippen LogP contribution in [0.3, 0.4) is 0 Å². The molecule has 0 aromatic carbocycles. The average molecular weight is 387 g/mol. The van der Waals surface area contributed by atoms with Gasteiger partial charge in [-0.3, -0.25) is 4.70 Å². The second kappa shape index (κ2) is 17.7. The van der Waals surface area contributed by atoms with Crippen LogP contribution < -0.4 is 0 Å². The van der Waals surface area contributed by atoms with Crippen LogP contribution in [0.2, 0.25) is 0 Å². The zero-order valence-electron chi connectivity index (χ0n) is 18.7. The minimum atomic E-state index is 0. The maximum absolute atomic E-state index is 2.36. The van der Waals surface area contributed by atoms with Crippen molar-refractivity contribution in [2.45, 2.75) is 138 Å². The van der Waals surface area contributed by atoms with Gasteiger partial charge in [-0.25, -0.2) is 0 Å². The molecule has 0 spiro atoms. The van der Waals surface area contributed by atoms with E-state index in [0.29, 0.717) is 0 Å². The van der Waals surface area contributed by atoms with E-state index in [-0.39, 0.29) is 13.6 Å². The van der Waals surface area contributed by atoms with Crippen molar-refractivity contribution in [2.24, 2.45) is 17.8 Å². The van der Waals surface area contributed by atoms with Crippen molar-refractivity contribution in [1.82, 2.24) is 0 Å². The molecule has 0 heterocycles. The van der Waals surface area contributed by atoms with Crippen LogP contribution in [0.4, 0.5) is 4.70 Å². The highest BCUT2D eigenvalue weighted by Crippen LogP contribution is 2.29. The summed E-state index contributed by atoms with van der Waals surface area (Å²) in [7, 11) is 0. The molecule has 0 N–H and O–H groups in total. The Bertz CT molecular complexity index is 337. The highest BCUT2D eigenvalue weighted by Gasteiger charge is 2.15. The third-order valence-corrected chi connectivity index (χ3v) is 6.65. The molecule has 3 rings (SSSR count). The molecular formula is C26H55F. The number of hydrogen-bond acceptors (Lipinski definition) is 0. The van der Waals surface area contributed by atoms with Crippen LogP contribution in [0.15, 0.2) is 11.1 Å². The topological polar surface area (TPSA) is 0 Å². The molecule has 0 unspecified atom stereocenters. The summed E-state index contributed by atoms with van der Waals surface area (Å²) in [5.41, 5.74) is 3.29. The average Bonchev–Trinajstić information content (AvgIpc) is 2.65. The number of rotatable bonds is 1. The summed E-state index contributed by atoms with van der Waals surface area (Å²) in [4.78, 5) is 0. The van der Waals surface area contributed by atoms with Gasteiger partial charge in [0, 0.05) is 1.43 Å². The smallest absolute Gasteiger partial charge is 0 e. The molecule has 0 amide bonds. The predicted octanol–water partition coefficient (Wildman–Crippen LogP) is 10.1. The molecular weight excluding hydrogens is 331 g/mol. The van der Waals surface area contributed by atoms with Crippen LogP contribution in [0.25, 0.3) is 0 Å². The van der Waals surface area contributed by atoms with Crippen molar-refractivity contribution in [1.29, 1.82) is 0 Å². The lowest BCUT2D eigenvalue weighted by molar-refractivity contribution is 0.279. The van der Waals surface area contributed by atoms with E-state index in [9.17, 15) is 0 Å². The van der Waals surface area contributed by atoms with E-state index in [1.807, 2.05) is 0 Å². The second-order valence-corrected chi connectivity index (χ2v) is 9.55. The molecule has 0 aromatic heterocycles. The molecule has 0 saturated heterocycles. The summed E-state index contributed by atoms with van der Waals surface area (Å²) in [6.07, 6.45) is 22.0. The maximum atomic E-state index is 2.36. The Hall–Kier alpha value is -0.330. The van der Waals surface area contributed by atoms with Crippen LogP contribution >= 0.6 is 0 Å². The maximum Gasteiger partial charge on any atom is 0 e. The van der Waals surface area contributed by atoms with Crippen molar-refractivity contribution >= 4 is 0 Å². The number of hydrogen-bond donors (Lipinski definition) is 0. The zero-order chi connectivity index (χ0) is 18.5. The van der Waals surface area contributed by atoms with Crippen LogP contribution in [0, 0.1) is 17.8 Å². The fourth-order valence-corrected chi connectivity index (χ4v) is 4.59. The summed E-state index contributed by atoms with van der Waals surface area (Å²) in [5, 5.41) is 0. The van der Waals surface area contributed by atoms with Crippen molar-refractivity contribution in [2.75, 3.05) is 0 Å². The van der Waals surface area contributed by atoms with Crippen LogP contribution in [0.1, 0.15) is 140 Å². The number of allylic oxidation sites excluding steroid dienone is 2. The van der Waals surface area contributed by atoms with Crippen LogP contribution in [0.5, 0.6) is 0 Å². The van der Waals surface area contributed by atoms with E-state index in [1.165, 1.54) is 96.3 Å². The van der Waals surface area contributed by atoms with Gasteiger partial charge in [0.2, 0.25) is 0 Å². The van der Waals surface area contributed by atoms with Gasteiger partial charge in [-0.05, 0) is 57.3 Å². The lowest BCUT2D eigenvalue weighted by Gasteiger charge is -2.24. The fourth-order valence-electron chi connectivity index (χ4n) is 4.59. The summed E-state index contributed by atoms with van der Waals surface area (Å²) < 4.78 is 0. The molecule has 3 aliphatic rings. The van der Waals surface area contributed by atoms with Gasteiger partial charge in [-0.1, -0.05) is 110 Å². The van der Waals surface area contributed by atoms with Gasteiger partial charge >= 0.3 is 0 Å². The lowest BCUT2D eigenvalue weighted by atomic mass is 9.82. The first-order chi connectivity index (χ1) is 12.0. The summed E-state index contributed by atoms with van der Waals surface area (Å²) >= 11 is 0. The Morgan fingerprint density at radius 3 is 1.41 bits per heavy atom. The van der Waals surface area contributed by atoms with Gasteiger partial charge < -0.3 is 0 Å². The molecule has 0 aliphatic heterocycles. The summed E-state index contributed by atoms with van der Waals surface area (Å²) in [6.45, 7) is 11.5. The molecule has 27 heavy (non-hydrogen) atoms. The largest absolute Gasteiger partial charge is 0.269 e. The molecule has 0 nitrogen and oxygen atoms in total. The highest BCUT2D eigenvalue weighted by molar-refractivity contribution is 5.10. The first kappa shape index (κ1) is 28.9. The minimum absolute atomic E-state index is 0. The molecule has 0 atom stereocenters. The fraction of sp³-hybridized carbons (Fsp3) is 0.923. The summed E-state index contributed by atoms with van der Waals surface area (Å²) in [6, 6.07) is 0. The quantitative estimate of drug-likeness (QED) is 0.393. The van der Waals surface area contributed by atoms with Gasteiger partial charge in [-0.15, -0.1) is 0 Å². The lowest BCUT2D eigenvalue weighted by Crippen LogP contribution is -2.12. The van der Waals surface area contributed by atoms with Crippen molar-refractivity contribution in [3.63, 3.8) is 0 Å². The third kappa shape index (κ3) is 14.3. The highest BCUT2D eigenvalue weighted by atomic mass is 19.0. The van der Waals surface area contributed by atoms with E-state index in [2.05, 4.69) is 34.6 Å². The SMILES string of the molecule is C.CC(C)=C1CCCCC1.CC(C)C1CCCCC1.CC1CCCCC1.F.[HH]. The monoisotopic (exact) mass is 386 g/mol. The van der Waals surface area contributed by atoms with E-state index < -0.39 is 0 Å². The van der Waals surface area contributed by atoms with Crippen LogP contribution in [-0.4, -0.2) is 0 Å². The number of halogens is 1. The zero-order valence-corrected chi connectivity index (χ0v) is 18.7. The minimum Gasteiger partial charge on any atom is -0.269 e. The van der Waals surface area contributed by atoms with Gasteiger partial charge in [-0.2, -0.15) is 0 Å². The summed E-state index contributed by atoms with van der Waals surface area (Å²) in [5.74, 6) is 3.03. The predicted molar refractivity (Wildman–Crippen MR) is 126 cm³/mol. The standard InChI is InChI=1S/C9H18.C9H16.C7H14.CH4.FH.H2/c2*1-8(2)9-6-4-3-5-7-9;1-7-5-3-2-4-6-7;;;/h8-9H,3-7H2,1-2H3;3-7H2,1-2H3;7H,2-6H2,1H3;1H4;2*1H. The van der Waals surface area contributed by atoms with Crippen molar-refractivity contribution in [3.05, 3.63) is 11.1 Å². The van der Waals surface area contributed by atoms with Gasteiger partial charge in [0.25, 0.3) is 0 Å². The van der Waals surface area contributed by atoms with E-state index in [0.717, 1.165) is 17.8 Å². The molecule has 166 valence electrons. The van der Waals surface area contributed by atoms with E-state index in [1.54, 1.807) is 11.1 Å². The van der Waals surface area contributed by atoms with Crippen LogP contribution in [-0.2, 0) is 0 Å². The molecule has 1 heteroatoms. The Morgan fingerprint density at radius 2 is 1.15 bits per heavy atom. The molecule has 0 bridgehead atoms. The van der Waals surface area contributed by atoms with Crippen molar-refractivity contribution in [3.8, 4) is 0 Å². The Morgan fingerprint density at radius 1 is 0.741 bits per heavy atom. The van der Waals surface area contributed by atoms with E-state index in [4.69, 9.17) is 0 Å². The normalized spacial score (nSPS) is 20.9.